The van der Waals surface area contributed by atoms with Crippen LogP contribution >= 0.6 is 10.5 Å². The molecule has 1 saturated heterocycles. The molecule has 1 aliphatic heterocycles. The standard InChI is InChI=1S/C26H32FN5S.C3H4/c1-3-28-15-7-6-12-22(27)11-5-4-9-21-19-30-32-25(21)31-24(23-13-16-29-26(23)32)20-10-8-17-33(2)18-14-20;1-3-2/h3-4,6-7,9,11,13,16,19-20,29H,2,5,8,10,12,14-15,17-18H2,1H3;1H,2H3/b7-6-,9-4+,22-11+,28-3?;. The second kappa shape index (κ2) is 14.4. The molecular formula is C29H36FN5S. The Labute approximate surface area is 216 Å². The van der Waals surface area contributed by atoms with E-state index in [1.54, 1.807) is 19.2 Å². The fraction of sp³-hybridized carbons (Fsp3) is 0.379. The lowest BCUT2D eigenvalue weighted by Gasteiger charge is -2.15. The van der Waals surface area contributed by atoms with Crippen LogP contribution in [-0.2, 0) is 0 Å². The van der Waals surface area contributed by atoms with Crippen LogP contribution in [0.25, 0.3) is 22.8 Å². The fourth-order valence-electron chi connectivity index (χ4n) is 4.25. The van der Waals surface area contributed by atoms with Gasteiger partial charge in [0.25, 0.3) is 0 Å². The zero-order valence-corrected chi connectivity index (χ0v) is 22.1. The summed E-state index contributed by atoms with van der Waals surface area (Å²) < 4.78 is 15.9. The molecular weight excluding hydrogens is 469 g/mol. The maximum atomic E-state index is 14.0. The van der Waals surface area contributed by atoms with Gasteiger partial charge in [-0.3, -0.25) is 4.99 Å². The first kappa shape index (κ1) is 27.3. The van der Waals surface area contributed by atoms with Crippen molar-refractivity contribution < 1.29 is 4.39 Å². The van der Waals surface area contributed by atoms with Crippen LogP contribution in [-0.4, -0.2) is 49.7 Å². The summed E-state index contributed by atoms with van der Waals surface area (Å²) in [4.78, 5) is 12.5. The maximum absolute atomic E-state index is 14.0. The van der Waals surface area contributed by atoms with E-state index in [0.717, 1.165) is 40.8 Å². The van der Waals surface area contributed by atoms with Gasteiger partial charge in [-0.05, 0) is 69.4 Å². The molecule has 0 radical (unpaired) electrons. The van der Waals surface area contributed by atoms with Gasteiger partial charge < -0.3 is 4.98 Å². The molecule has 1 aliphatic rings. The lowest BCUT2D eigenvalue weighted by Crippen LogP contribution is -2.06. The zero-order chi connectivity index (χ0) is 25.8. The quantitative estimate of drug-likeness (QED) is 0.153. The molecule has 36 heavy (non-hydrogen) atoms. The first-order valence-electron chi connectivity index (χ1n) is 12.4. The summed E-state index contributed by atoms with van der Waals surface area (Å²) in [5.41, 5.74) is 3.94. The third kappa shape index (κ3) is 7.38. The molecule has 0 aromatic carbocycles. The van der Waals surface area contributed by atoms with Crippen molar-refractivity contribution in [2.75, 3.05) is 18.1 Å². The smallest absolute Gasteiger partial charge is 0.164 e. The molecule has 0 saturated carbocycles. The summed E-state index contributed by atoms with van der Waals surface area (Å²) in [6, 6.07) is 2.11. The van der Waals surface area contributed by atoms with Crippen LogP contribution in [0.1, 0.15) is 63.1 Å². The summed E-state index contributed by atoms with van der Waals surface area (Å²) >= 11 is 0. The first-order valence-corrected chi connectivity index (χ1v) is 14.1. The zero-order valence-electron chi connectivity index (χ0n) is 21.3. The van der Waals surface area contributed by atoms with Crippen molar-refractivity contribution in [1.29, 1.82) is 0 Å². The summed E-state index contributed by atoms with van der Waals surface area (Å²) in [6.45, 7) is 4.12. The van der Waals surface area contributed by atoms with Crippen molar-refractivity contribution in [3.05, 3.63) is 59.8 Å². The van der Waals surface area contributed by atoms with Crippen molar-refractivity contribution in [3.63, 3.8) is 0 Å². The second-order valence-electron chi connectivity index (χ2n) is 8.60. The van der Waals surface area contributed by atoms with Crippen molar-refractivity contribution in [2.24, 2.45) is 4.99 Å². The molecule has 2 unspecified atom stereocenters. The minimum Gasteiger partial charge on any atom is -0.346 e. The second-order valence-corrected chi connectivity index (χ2v) is 10.6. The predicted octanol–water partition coefficient (Wildman–Crippen LogP) is 7.11. The number of hydrogen-bond acceptors (Lipinski definition) is 3. The van der Waals surface area contributed by atoms with Gasteiger partial charge in [-0.2, -0.15) is 20.1 Å². The van der Waals surface area contributed by atoms with Gasteiger partial charge in [-0.15, -0.1) is 12.3 Å². The van der Waals surface area contributed by atoms with Gasteiger partial charge in [-0.25, -0.2) is 9.37 Å². The normalized spacial score (nSPS) is 19.2. The number of terminal acetylenes is 1. The van der Waals surface area contributed by atoms with Gasteiger partial charge in [0.05, 0.1) is 18.4 Å². The average molecular weight is 506 g/mol. The minimum absolute atomic E-state index is 0.137. The van der Waals surface area contributed by atoms with E-state index in [2.05, 4.69) is 39.4 Å². The fourth-order valence-corrected chi connectivity index (χ4v) is 5.65. The molecule has 3 aromatic heterocycles. The highest BCUT2D eigenvalue weighted by Gasteiger charge is 2.22. The van der Waals surface area contributed by atoms with E-state index in [9.17, 15) is 4.39 Å². The van der Waals surface area contributed by atoms with E-state index in [1.165, 1.54) is 17.9 Å². The molecule has 0 spiro atoms. The summed E-state index contributed by atoms with van der Waals surface area (Å²) in [6.07, 6.45) is 23.7. The van der Waals surface area contributed by atoms with Crippen LogP contribution in [0.2, 0.25) is 0 Å². The monoisotopic (exact) mass is 505 g/mol. The molecule has 0 bridgehead atoms. The van der Waals surface area contributed by atoms with Crippen LogP contribution in [0.5, 0.6) is 0 Å². The van der Waals surface area contributed by atoms with Gasteiger partial charge in [0.2, 0.25) is 0 Å². The molecule has 0 amide bonds. The van der Waals surface area contributed by atoms with E-state index in [0.29, 0.717) is 25.3 Å². The lowest BCUT2D eigenvalue weighted by atomic mass is 9.95. The molecule has 190 valence electrons. The highest BCUT2D eigenvalue weighted by atomic mass is 32.2. The Morgan fingerprint density at radius 2 is 2.19 bits per heavy atom. The predicted molar refractivity (Wildman–Crippen MR) is 156 cm³/mol. The number of allylic oxidation sites excluding steroid dienone is 4. The Balaban J connectivity index is 0.00000115. The number of halogens is 1. The van der Waals surface area contributed by atoms with E-state index >= 15 is 0 Å². The van der Waals surface area contributed by atoms with Crippen LogP contribution in [0.15, 0.2) is 53.6 Å². The molecule has 5 nitrogen and oxygen atoms in total. The molecule has 7 heteroatoms. The van der Waals surface area contributed by atoms with Crippen LogP contribution in [0.4, 0.5) is 4.39 Å². The Bertz CT molecular complexity index is 1320. The molecule has 4 heterocycles. The third-order valence-electron chi connectivity index (χ3n) is 5.98. The number of aromatic nitrogens is 4. The minimum atomic E-state index is -0.137. The summed E-state index contributed by atoms with van der Waals surface area (Å²) in [5, 5.41) is 5.72. The van der Waals surface area contributed by atoms with Gasteiger partial charge in [-0.1, -0.05) is 30.2 Å². The summed E-state index contributed by atoms with van der Waals surface area (Å²) in [7, 11) is 0.276. The molecule has 2 atom stereocenters. The van der Waals surface area contributed by atoms with Crippen LogP contribution in [0, 0.1) is 12.3 Å². The van der Waals surface area contributed by atoms with E-state index in [4.69, 9.17) is 4.98 Å². The van der Waals surface area contributed by atoms with Crippen molar-refractivity contribution >= 4 is 45.3 Å². The summed E-state index contributed by atoms with van der Waals surface area (Å²) in [5.74, 6) is 9.28. The SMILES string of the molecule is C#CC.C=S1CCCC(c2nc3c(/C=C/C/C=C(/F)C/C=C\CN=CC)cnn3c3[nH]ccc23)CC1. The first-order chi connectivity index (χ1) is 17.6. The highest BCUT2D eigenvalue weighted by molar-refractivity contribution is 8.14. The Kier molecular flexibility index (Phi) is 10.9. The third-order valence-corrected chi connectivity index (χ3v) is 7.66. The van der Waals surface area contributed by atoms with Crippen molar-refractivity contribution in [3.8, 4) is 12.3 Å². The van der Waals surface area contributed by atoms with Gasteiger partial charge in [0.15, 0.2) is 5.65 Å². The number of H-pyrrole nitrogens is 1. The Morgan fingerprint density at radius 3 is 3.00 bits per heavy atom. The average Bonchev–Trinajstić information content (AvgIpc) is 3.45. The Morgan fingerprint density at radius 1 is 1.36 bits per heavy atom. The number of rotatable bonds is 8. The largest absolute Gasteiger partial charge is 0.346 e. The molecule has 1 N–H and O–H groups in total. The van der Waals surface area contributed by atoms with Gasteiger partial charge in [0.1, 0.15) is 11.5 Å². The van der Waals surface area contributed by atoms with E-state index < -0.39 is 0 Å². The number of fused-ring (bicyclic) bond motifs is 3. The topological polar surface area (TPSA) is 58.3 Å². The van der Waals surface area contributed by atoms with Crippen LogP contribution in [0.3, 0.4) is 0 Å². The van der Waals surface area contributed by atoms with Gasteiger partial charge in [0, 0.05) is 29.5 Å². The van der Waals surface area contributed by atoms with Crippen molar-refractivity contribution in [2.45, 2.75) is 51.9 Å². The van der Waals surface area contributed by atoms with Crippen LogP contribution < -0.4 is 0 Å². The molecule has 4 rings (SSSR count). The number of nitrogens with one attached hydrogen (secondary N) is 1. The maximum Gasteiger partial charge on any atom is 0.164 e. The Hall–Kier alpha value is -3.24. The number of nitrogens with zero attached hydrogens (tertiary/aromatic N) is 4. The van der Waals surface area contributed by atoms with Gasteiger partial charge >= 0.3 is 0 Å². The lowest BCUT2D eigenvalue weighted by molar-refractivity contribution is 0.602. The molecule has 0 aliphatic carbocycles. The number of hydrogen-bond donors (Lipinski definition) is 1. The highest BCUT2D eigenvalue weighted by Crippen LogP contribution is 2.35. The number of aromatic amines is 1. The van der Waals surface area contributed by atoms with Crippen molar-refractivity contribution in [1.82, 2.24) is 19.6 Å². The van der Waals surface area contributed by atoms with E-state index in [-0.39, 0.29) is 16.3 Å². The molecule has 3 aromatic rings. The number of aliphatic imine (C=N–C) groups is 1. The van der Waals surface area contributed by atoms with E-state index in [1.807, 2.05) is 48.1 Å². The molecule has 1 fully saturated rings.